The van der Waals surface area contributed by atoms with Crippen molar-refractivity contribution in [1.82, 2.24) is 5.32 Å². The molecule has 0 atom stereocenters. The molecule has 0 amide bonds. The van der Waals surface area contributed by atoms with E-state index in [1.807, 2.05) is 18.2 Å². The minimum atomic E-state index is 0.647. The smallest absolute Gasteiger partial charge is 0.137 e. The van der Waals surface area contributed by atoms with E-state index in [1.54, 1.807) is 7.11 Å². The first-order chi connectivity index (χ1) is 8.52. The Morgan fingerprint density at radius 2 is 2.17 bits per heavy atom. The Labute approximate surface area is 115 Å². The first-order valence-electron chi connectivity index (χ1n) is 6.24. The van der Waals surface area contributed by atoms with Crippen LogP contribution in [-0.4, -0.2) is 20.2 Å². The van der Waals surface area contributed by atoms with Crippen LogP contribution in [0, 0.1) is 5.92 Å². The zero-order valence-electron chi connectivity index (χ0n) is 11.6. The van der Waals surface area contributed by atoms with Crippen molar-refractivity contribution in [2.24, 2.45) is 5.92 Å². The van der Waals surface area contributed by atoms with Gasteiger partial charge >= 0.3 is 0 Å². The maximum atomic E-state index is 6.09. The summed E-state index contributed by atoms with van der Waals surface area (Å²) in [5.74, 6) is 1.39. The van der Waals surface area contributed by atoms with Gasteiger partial charge in [0, 0.05) is 6.54 Å². The third-order valence-corrected chi connectivity index (χ3v) is 2.84. The second-order valence-electron chi connectivity index (χ2n) is 4.91. The minimum Gasteiger partial charge on any atom is -0.495 e. The van der Waals surface area contributed by atoms with E-state index in [0.29, 0.717) is 16.7 Å². The van der Waals surface area contributed by atoms with Crippen LogP contribution in [0.3, 0.4) is 0 Å². The van der Waals surface area contributed by atoms with Crippen LogP contribution in [0.2, 0.25) is 5.02 Å². The van der Waals surface area contributed by atoms with E-state index in [4.69, 9.17) is 16.3 Å². The zero-order chi connectivity index (χ0) is 13.5. The second kappa shape index (κ2) is 7.45. The van der Waals surface area contributed by atoms with Gasteiger partial charge in [0.1, 0.15) is 5.75 Å². The molecule has 1 N–H and O–H groups in total. The van der Waals surface area contributed by atoms with E-state index >= 15 is 0 Å². The number of nitrogens with one attached hydrogen (secondary N) is 1. The number of hydrogen-bond acceptors (Lipinski definition) is 2. The van der Waals surface area contributed by atoms with Gasteiger partial charge < -0.3 is 10.1 Å². The summed E-state index contributed by atoms with van der Waals surface area (Å²) < 4.78 is 5.13. The molecule has 1 rings (SSSR count). The van der Waals surface area contributed by atoms with E-state index in [0.717, 1.165) is 18.7 Å². The zero-order valence-corrected chi connectivity index (χ0v) is 12.3. The van der Waals surface area contributed by atoms with Gasteiger partial charge in [-0.2, -0.15) is 0 Å². The van der Waals surface area contributed by atoms with E-state index in [1.165, 1.54) is 5.57 Å². The van der Waals surface area contributed by atoms with Crippen LogP contribution in [0.15, 0.2) is 23.8 Å². The maximum Gasteiger partial charge on any atom is 0.137 e. The van der Waals surface area contributed by atoms with Crippen LogP contribution in [0.1, 0.15) is 26.3 Å². The molecule has 0 aliphatic rings. The van der Waals surface area contributed by atoms with Crippen molar-refractivity contribution >= 4 is 17.7 Å². The monoisotopic (exact) mass is 267 g/mol. The highest BCUT2D eigenvalue weighted by atomic mass is 35.5. The molecule has 0 spiro atoms. The number of methoxy groups -OCH3 is 1. The molecule has 18 heavy (non-hydrogen) atoms. The molecule has 2 nitrogen and oxygen atoms in total. The van der Waals surface area contributed by atoms with Crippen LogP contribution < -0.4 is 10.1 Å². The standard InChI is InChI=1S/C15H22ClNO/c1-11(2)9-17-10-12(3)7-13-5-6-15(18-4)14(16)8-13/h5-8,11,17H,9-10H2,1-4H3. The molecular weight excluding hydrogens is 246 g/mol. The average Bonchev–Trinajstić information content (AvgIpc) is 2.28. The van der Waals surface area contributed by atoms with Gasteiger partial charge in [0.15, 0.2) is 0 Å². The average molecular weight is 268 g/mol. The lowest BCUT2D eigenvalue weighted by atomic mass is 10.1. The SMILES string of the molecule is COc1ccc(C=C(C)CNCC(C)C)cc1Cl. The summed E-state index contributed by atoms with van der Waals surface area (Å²) in [6.07, 6.45) is 2.14. The van der Waals surface area contributed by atoms with Crippen molar-refractivity contribution < 1.29 is 4.74 Å². The predicted molar refractivity (Wildman–Crippen MR) is 79.4 cm³/mol. The molecule has 0 aromatic heterocycles. The molecule has 3 heteroatoms. The van der Waals surface area contributed by atoms with Gasteiger partial charge in [-0.05, 0) is 37.1 Å². The summed E-state index contributed by atoms with van der Waals surface area (Å²) in [6.45, 7) is 8.46. The molecule has 0 heterocycles. The Hall–Kier alpha value is -0.990. The summed E-state index contributed by atoms with van der Waals surface area (Å²) in [6, 6.07) is 5.83. The highest BCUT2D eigenvalue weighted by Crippen LogP contribution is 2.25. The van der Waals surface area contributed by atoms with Gasteiger partial charge in [-0.1, -0.05) is 43.2 Å². The number of hydrogen-bond donors (Lipinski definition) is 1. The van der Waals surface area contributed by atoms with Gasteiger partial charge in [-0.25, -0.2) is 0 Å². The Morgan fingerprint density at radius 1 is 1.44 bits per heavy atom. The largest absolute Gasteiger partial charge is 0.495 e. The molecule has 0 saturated heterocycles. The Bertz CT molecular complexity index is 413. The quantitative estimate of drug-likeness (QED) is 0.841. The Kier molecular flexibility index (Phi) is 6.23. The summed E-state index contributed by atoms with van der Waals surface area (Å²) >= 11 is 6.09. The lowest BCUT2D eigenvalue weighted by Gasteiger charge is -2.08. The van der Waals surface area contributed by atoms with E-state index in [2.05, 4.69) is 32.2 Å². The minimum absolute atomic E-state index is 0.647. The molecule has 0 aliphatic heterocycles. The molecule has 0 bridgehead atoms. The van der Waals surface area contributed by atoms with Crippen molar-refractivity contribution in [2.45, 2.75) is 20.8 Å². The topological polar surface area (TPSA) is 21.3 Å². The third-order valence-electron chi connectivity index (χ3n) is 2.55. The summed E-state index contributed by atoms with van der Waals surface area (Å²) in [5.41, 5.74) is 2.39. The van der Waals surface area contributed by atoms with Gasteiger partial charge in [0.2, 0.25) is 0 Å². The molecule has 100 valence electrons. The first kappa shape index (κ1) is 15.1. The lowest BCUT2D eigenvalue weighted by molar-refractivity contribution is 0.415. The van der Waals surface area contributed by atoms with Crippen LogP contribution in [-0.2, 0) is 0 Å². The normalized spacial score (nSPS) is 12.0. The Balaban J connectivity index is 2.62. The van der Waals surface area contributed by atoms with Crippen molar-refractivity contribution in [3.8, 4) is 5.75 Å². The van der Waals surface area contributed by atoms with Crippen LogP contribution >= 0.6 is 11.6 Å². The van der Waals surface area contributed by atoms with Gasteiger partial charge in [-0.3, -0.25) is 0 Å². The van der Waals surface area contributed by atoms with Crippen molar-refractivity contribution in [1.29, 1.82) is 0 Å². The lowest BCUT2D eigenvalue weighted by Crippen LogP contribution is -2.21. The van der Waals surface area contributed by atoms with Crippen molar-refractivity contribution in [3.63, 3.8) is 0 Å². The van der Waals surface area contributed by atoms with Gasteiger partial charge in [0.25, 0.3) is 0 Å². The highest BCUT2D eigenvalue weighted by molar-refractivity contribution is 6.32. The first-order valence-corrected chi connectivity index (χ1v) is 6.62. The summed E-state index contributed by atoms with van der Waals surface area (Å²) in [7, 11) is 1.62. The number of rotatable bonds is 6. The molecule has 1 aromatic rings. The van der Waals surface area contributed by atoms with Crippen LogP contribution in [0.5, 0.6) is 5.75 Å². The van der Waals surface area contributed by atoms with Crippen LogP contribution in [0.25, 0.3) is 6.08 Å². The van der Waals surface area contributed by atoms with Gasteiger partial charge in [0.05, 0.1) is 12.1 Å². The number of benzene rings is 1. The molecule has 0 radical (unpaired) electrons. The fraction of sp³-hybridized carbons (Fsp3) is 0.467. The summed E-state index contributed by atoms with van der Waals surface area (Å²) in [4.78, 5) is 0. The fourth-order valence-electron chi connectivity index (χ4n) is 1.67. The molecule has 0 fully saturated rings. The molecule has 0 aliphatic carbocycles. The van der Waals surface area contributed by atoms with E-state index < -0.39 is 0 Å². The second-order valence-corrected chi connectivity index (χ2v) is 5.32. The molecular formula is C15H22ClNO. The summed E-state index contributed by atoms with van der Waals surface area (Å²) in [5, 5.41) is 4.06. The highest BCUT2D eigenvalue weighted by Gasteiger charge is 2.00. The molecule has 1 aromatic carbocycles. The number of halogens is 1. The third kappa shape index (κ3) is 5.11. The van der Waals surface area contributed by atoms with Crippen LogP contribution in [0.4, 0.5) is 0 Å². The Morgan fingerprint density at radius 3 is 2.72 bits per heavy atom. The fourth-order valence-corrected chi connectivity index (χ4v) is 1.93. The van der Waals surface area contributed by atoms with E-state index in [9.17, 15) is 0 Å². The van der Waals surface area contributed by atoms with E-state index in [-0.39, 0.29) is 0 Å². The van der Waals surface area contributed by atoms with Gasteiger partial charge in [-0.15, -0.1) is 0 Å². The van der Waals surface area contributed by atoms with Crippen molar-refractivity contribution in [3.05, 3.63) is 34.4 Å². The number of ether oxygens (including phenoxy) is 1. The molecule has 0 saturated carbocycles. The molecule has 0 unspecified atom stereocenters. The van der Waals surface area contributed by atoms with Crippen molar-refractivity contribution in [2.75, 3.05) is 20.2 Å². The maximum absolute atomic E-state index is 6.09. The predicted octanol–water partition coefficient (Wildman–Crippen LogP) is 4.00.